The summed E-state index contributed by atoms with van der Waals surface area (Å²) >= 11 is 0. The summed E-state index contributed by atoms with van der Waals surface area (Å²) in [6.07, 6.45) is 0.949. The van der Waals surface area contributed by atoms with Gasteiger partial charge >= 0.3 is 5.97 Å². The van der Waals surface area contributed by atoms with Crippen molar-refractivity contribution in [2.24, 2.45) is 5.92 Å². The van der Waals surface area contributed by atoms with E-state index in [9.17, 15) is 4.79 Å². The summed E-state index contributed by atoms with van der Waals surface area (Å²) in [7, 11) is 0. The summed E-state index contributed by atoms with van der Waals surface area (Å²) in [5.74, 6) is 0.0550. The van der Waals surface area contributed by atoms with Crippen molar-refractivity contribution in [1.82, 2.24) is 0 Å². The molecule has 0 bridgehead atoms. The molecule has 0 aromatic heterocycles. The van der Waals surface area contributed by atoms with Gasteiger partial charge < -0.3 is 4.74 Å². The number of ether oxygens (including phenoxy) is 1. The normalized spacial score (nSPS) is 26.6. The molecule has 2 nitrogen and oxygen atoms in total. The zero-order valence-corrected chi connectivity index (χ0v) is 5.52. The molecule has 0 amide bonds. The summed E-state index contributed by atoms with van der Waals surface area (Å²) in [6.45, 7) is 6.17. The summed E-state index contributed by atoms with van der Waals surface area (Å²) < 4.78 is 4.73. The second kappa shape index (κ2) is 2.21. The molecule has 0 spiro atoms. The van der Waals surface area contributed by atoms with Gasteiger partial charge in [0, 0.05) is 11.5 Å². The standard InChI is InChI=1S/C7H10O2/c1-3-6-4-9-7(8)5(6)2/h6H,2-4H2,1H3/t6-/m0/s1. The maximum atomic E-state index is 10.6. The van der Waals surface area contributed by atoms with Gasteiger partial charge in [0.15, 0.2) is 0 Å². The van der Waals surface area contributed by atoms with E-state index in [4.69, 9.17) is 4.74 Å². The molecule has 1 rings (SSSR count). The van der Waals surface area contributed by atoms with Crippen molar-refractivity contribution >= 4 is 5.97 Å². The van der Waals surface area contributed by atoms with Gasteiger partial charge in [0.2, 0.25) is 0 Å². The average Bonchev–Trinajstić information content (AvgIpc) is 2.15. The van der Waals surface area contributed by atoms with Crippen molar-refractivity contribution in [1.29, 1.82) is 0 Å². The molecule has 2 heteroatoms. The molecule has 1 aliphatic heterocycles. The molecule has 1 heterocycles. The van der Waals surface area contributed by atoms with Crippen LogP contribution in [0, 0.1) is 5.92 Å². The van der Waals surface area contributed by atoms with Crippen LogP contribution in [-0.4, -0.2) is 12.6 Å². The van der Waals surface area contributed by atoms with Crippen LogP contribution in [-0.2, 0) is 9.53 Å². The number of cyclic esters (lactones) is 1. The smallest absolute Gasteiger partial charge is 0.333 e. The largest absolute Gasteiger partial charge is 0.462 e. The van der Waals surface area contributed by atoms with E-state index in [0.29, 0.717) is 12.2 Å². The molecule has 0 radical (unpaired) electrons. The molecule has 0 saturated carbocycles. The first-order chi connectivity index (χ1) is 4.25. The molecule has 0 unspecified atom stereocenters. The van der Waals surface area contributed by atoms with Crippen molar-refractivity contribution in [3.8, 4) is 0 Å². The van der Waals surface area contributed by atoms with Gasteiger partial charge in [-0.05, 0) is 6.42 Å². The molecule has 1 atom stereocenters. The topological polar surface area (TPSA) is 26.3 Å². The molecule has 0 aliphatic carbocycles. The van der Waals surface area contributed by atoms with Crippen LogP contribution < -0.4 is 0 Å². The average molecular weight is 126 g/mol. The molecule has 0 N–H and O–H groups in total. The highest BCUT2D eigenvalue weighted by Crippen LogP contribution is 2.21. The van der Waals surface area contributed by atoms with Crippen molar-refractivity contribution in [3.63, 3.8) is 0 Å². The van der Waals surface area contributed by atoms with E-state index < -0.39 is 0 Å². The Labute approximate surface area is 54.5 Å². The van der Waals surface area contributed by atoms with Gasteiger partial charge in [0.05, 0.1) is 6.61 Å². The Morgan fingerprint density at radius 1 is 1.89 bits per heavy atom. The lowest BCUT2D eigenvalue weighted by atomic mass is 10.0. The zero-order valence-electron chi connectivity index (χ0n) is 5.52. The third kappa shape index (κ3) is 0.969. The van der Waals surface area contributed by atoms with Crippen LogP contribution in [0.2, 0.25) is 0 Å². The van der Waals surface area contributed by atoms with Crippen molar-refractivity contribution in [2.45, 2.75) is 13.3 Å². The van der Waals surface area contributed by atoms with E-state index in [1.54, 1.807) is 0 Å². The van der Waals surface area contributed by atoms with Crippen LogP contribution in [0.4, 0.5) is 0 Å². The van der Waals surface area contributed by atoms with Crippen LogP contribution in [0.25, 0.3) is 0 Å². The van der Waals surface area contributed by atoms with Crippen LogP contribution in [0.15, 0.2) is 12.2 Å². The van der Waals surface area contributed by atoms with Gasteiger partial charge in [-0.25, -0.2) is 4.79 Å². The summed E-state index contributed by atoms with van der Waals surface area (Å²) in [6, 6.07) is 0. The van der Waals surface area contributed by atoms with E-state index >= 15 is 0 Å². The molecule has 1 aliphatic rings. The molecule has 1 fully saturated rings. The number of esters is 1. The Balaban J connectivity index is 2.62. The van der Waals surface area contributed by atoms with Gasteiger partial charge in [-0.1, -0.05) is 13.5 Å². The zero-order chi connectivity index (χ0) is 6.85. The van der Waals surface area contributed by atoms with Crippen molar-refractivity contribution in [2.75, 3.05) is 6.61 Å². The molecular weight excluding hydrogens is 116 g/mol. The Morgan fingerprint density at radius 2 is 2.56 bits per heavy atom. The van der Waals surface area contributed by atoms with Crippen LogP contribution in [0.3, 0.4) is 0 Å². The number of carbonyl (C=O) groups excluding carboxylic acids is 1. The number of hydrogen-bond acceptors (Lipinski definition) is 2. The highest BCUT2D eigenvalue weighted by atomic mass is 16.5. The fourth-order valence-corrected chi connectivity index (χ4v) is 0.900. The maximum Gasteiger partial charge on any atom is 0.333 e. The van der Waals surface area contributed by atoms with Gasteiger partial charge in [0.25, 0.3) is 0 Å². The highest BCUT2D eigenvalue weighted by Gasteiger charge is 2.26. The second-order valence-electron chi connectivity index (χ2n) is 2.23. The molecule has 0 aromatic rings. The predicted molar refractivity (Wildman–Crippen MR) is 33.9 cm³/mol. The van der Waals surface area contributed by atoms with Crippen molar-refractivity contribution in [3.05, 3.63) is 12.2 Å². The fourth-order valence-electron chi connectivity index (χ4n) is 0.900. The van der Waals surface area contributed by atoms with E-state index in [-0.39, 0.29) is 11.9 Å². The molecule has 50 valence electrons. The first kappa shape index (κ1) is 6.33. The lowest BCUT2D eigenvalue weighted by molar-refractivity contribution is -0.135. The molecule has 1 saturated heterocycles. The van der Waals surface area contributed by atoms with E-state index in [1.165, 1.54) is 0 Å². The van der Waals surface area contributed by atoms with Gasteiger partial charge in [-0.15, -0.1) is 0 Å². The fraction of sp³-hybridized carbons (Fsp3) is 0.571. The predicted octanol–water partition coefficient (Wildman–Crippen LogP) is 1.13. The Hall–Kier alpha value is -0.790. The first-order valence-electron chi connectivity index (χ1n) is 3.11. The van der Waals surface area contributed by atoms with Crippen LogP contribution >= 0.6 is 0 Å². The number of rotatable bonds is 1. The summed E-state index contributed by atoms with van der Waals surface area (Å²) in [4.78, 5) is 10.6. The molecule has 9 heavy (non-hydrogen) atoms. The highest BCUT2D eigenvalue weighted by molar-refractivity contribution is 5.90. The minimum absolute atomic E-state index is 0.221. The second-order valence-corrected chi connectivity index (χ2v) is 2.23. The summed E-state index contributed by atoms with van der Waals surface area (Å²) in [5, 5.41) is 0. The SMILES string of the molecule is C=C1C(=O)OC[C@@H]1CC. The van der Waals surface area contributed by atoms with Gasteiger partial charge in [0.1, 0.15) is 0 Å². The Bertz CT molecular complexity index is 149. The van der Waals surface area contributed by atoms with Gasteiger partial charge in [-0.2, -0.15) is 0 Å². The quantitative estimate of drug-likeness (QED) is 0.389. The van der Waals surface area contributed by atoms with Gasteiger partial charge in [-0.3, -0.25) is 0 Å². The summed E-state index contributed by atoms with van der Waals surface area (Å²) in [5.41, 5.74) is 0.637. The van der Waals surface area contributed by atoms with E-state index in [2.05, 4.69) is 6.58 Å². The lowest BCUT2D eigenvalue weighted by Crippen LogP contribution is -1.99. The Kier molecular flexibility index (Phi) is 1.56. The monoisotopic (exact) mass is 126 g/mol. The minimum atomic E-state index is -0.221. The van der Waals surface area contributed by atoms with E-state index in [0.717, 1.165) is 6.42 Å². The minimum Gasteiger partial charge on any atom is -0.462 e. The third-order valence-electron chi connectivity index (χ3n) is 1.66. The Morgan fingerprint density at radius 3 is 2.78 bits per heavy atom. The first-order valence-corrected chi connectivity index (χ1v) is 3.11. The molecular formula is C7H10O2. The number of carbonyl (C=O) groups is 1. The van der Waals surface area contributed by atoms with Crippen molar-refractivity contribution < 1.29 is 9.53 Å². The molecule has 0 aromatic carbocycles. The lowest BCUT2D eigenvalue weighted by Gasteiger charge is -1.98. The van der Waals surface area contributed by atoms with E-state index in [1.807, 2.05) is 6.92 Å². The third-order valence-corrected chi connectivity index (χ3v) is 1.66. The maximum absolute atomic E-state index is 10.6. The van der Waals surface area contributed by atoms with Crippen LogP contribution in [0.5, 0.6) is 0 Å². The van der Waals surface area contributed by atoms with Crippen LogP contribution in [0.1, 0.15) is 13.3 Å². The number of hydrogen-bond donors (Lipinski definition) is 0.